The summed E-state index contributed by atoms with van der Waals surface area (Å²) in [5, 5.41) is 2.41. The van der Waals surface area contributed by atoms with Crippen LogP contribution in [0.5, 0.6) is 0 Å². The number of rotatable bonds is 16. The minimum Gasteiger partial charge on any atom is -0.462 e. The number of nitrogens with zero attached hydrogens (tertiary/aromatic N) is 9. The summed E-state index contributed by atoms with van der Waals surface area (Å²) in [6.45, 7) is 11.7. The first-order chi connectivity index (χ1) is 49.8. The molecule has 3 amide bonds. The third-order valence-electron chi connectivity index (χ3n) is 19.5. The maximum absolute atomic E-state index is 13.9. The Hall–Kier alpha value is -10.4. The standard InChI is InChI=1S/C28H33N3O5.C25H27N3O5.C23H22F3N3O4S/c1-2-35-28(34)24-25(29-14-16-30(17-15-29)26(32)23-13-8-18-36-23)21-11-6-7-12-22(21)31(27(24)33)19-20-9-4-3-5-10-20;1-2-32-25(31)21-22(26-11-13-27(14-12-26)23(29)20-8-5-15-33-20)18-6-3-4-7-19(18)28(24(21)30)16-17-9-10-17;1-3-33-22(32)18-19(14-6-4-5-7-15(14)27(2)21(18)31)28-10-12-29(13-11-28)20(30)16-8-9-17(34-16)23(24,25)26/h6-8,11-13,18,20H,2-5,9-10,14-17,19H2,1H3;3-8,15,17H,2,9-14,16H2,1H3;4-9H,3,10-13H2,1-2H3. The Bertz CT molecular complexity index is 4780. The molecule has 0 N–H and O–H groups in total. The molecule has 9 aromatic rings. The number of thiophene rings is 1. The van der Waals surface area contributed by atoms with Gasteiger partial charge < -0.3 is 66.1 Å². The molecule has 103 heavy (non-hydrogen) atoms. The molecule has 3 aliphatic heterocycles. The average Bonchev–Trinajstić information content (AvgIpc) is 1.22. The van der Waals surface area contributed by atoms with Gasteiger partial charge in [0.05, 0.1) is 70.8 Å². The molecule has 2 aliphatic carbocycles. The number of para-hydroxylation sites is 3. The number of carbonyl (C=O) groups is 6. The molecule has 2 saturated carbocycles. The van der Waals surface area contributed by atoms with Crippen LogP contribution < -0.4 is 31.4 Å². The van der Waals surface area contributed by atoms with Crippen LogP contribution in [0.25, 0.3) is 32.7 Å². The average molecular weight is 1430 g/mol. The second-order valence-corrected chi connectivity index (χ2v) is 27.1. The van der Waals surface area contributed by atoms with Gasteiger partial charge in [0.25, 0.3) is 34.4 Å². The summed E-state index contributed by atoms with van der Waals surface area (Å²) in [7, 11) is 1.59. The number of hydrogen-bond donors (Lipinski definition) is 0. The van der Waals surface area contributed by atoms with Gasteiger partial charge in [-0.2, -0.15) is 13.2 Å². The van der Waals surface area contributed by atoms with Gasteiger partial charge in [-0.1, -0.05) is 73.9 Å². The van der Waals surface area contributed by atoms with Crippen LogP contribution in [-0.2, 0) is 40.5 Å². The van der Waals surface area contributed by atoms with Gasteiger partial charge in [0, 0.05) is 115 Å². The number of aryl methyl sites for hydroxylation is 1. The molecule has 9 heterocycles. The molecule has 542 valence electrons. The lowest BCUT2D eigenvalue weighted by atomic mass is 9.89. The van der Waals surface area contributed by atoms with Crippen LogP contribution in [0.2, 0.25) is 0 Å². The largest absolute Gasteiger partial charge is 0.462 e. The van der Waals surface area contributed by atoms with Crippen molar-refractivity contribution in [2.75, 3.05) is 113 Å². The summed E-state index contributed by atoms with van der Waals surface area (Å²) in [5.74, 6) is -1.17. The maximum atomic E-state index is 13.9. The molecular formula is C76H82F3N9O14S. The lowest BCUT2D eigenvalue weighted by Gasteiger charge is -2.37. The first-order valence-electron chi connectivity index (χ1n) is 35.1. The number of benzene rings is 3. The Kier molecular flexibility index (Phi) is 22.4. The summed E-state index contributed by atoms with van der Waals surface area (Å²) < 4.78 is 70.0. The number of piperazine rings is 3. The van der Waals surface area contributed by atoms with E-state index in [0.29, 0.717) is 141 Å². The van der Waals surface area contributed by atoms with Crippen LogP contribution >= 0.6 is 11.3 Å². The van der Waals surface area contributed by atoms with Gasteiger partial charge in [-0.05, 0) is 113 Å². The molecule has 5 aliphatic rings. The number of ether oxygens (including phenoxy) is 3. The van der Waals surface area contributed by atoms with Gasteiger partial charge in [0.15, 0.2) is 11.5 Å². The third-order valence-corrected chi connectivity index (χ3v) is 20.6. The van der Waals surface area contributed by atoms with Crippen LogP contribution in [0.3, 0.4) is 0 Å². The number of aromatic nitrogens is 3. The molecular weight excluding hydrogens is 1350 g/mol. The van der Waals surface area contributed by atoms with Crippen LogP contribution in [0.4, 0.5) is 30.2 Å². The summed E-state index contributed by atoms with van der Waals surface area (Å²) in [6, 6.07) is 31.5. The van der Waals surface area contributed by atoms with E-state index in [4.69, 9.17) is 23.0 Å². The molecule has 23 nitrogen and oxygen atoms in total. The van der Waals surface area contributed by atoms with E-state index in [1.165, 1.54) is 47.3 Å². The second-order valence-electron chi connectivity index (χ2n) is 26.0. The van der Waals surface area contributed by atoms with Gasteiger partial charge >= 0.3 is 24.1 Å². The fraction of sp³-hybridized carbons (Fsp3) is 0.408. The van der Waals surface area contributed by atoms with Crippen LogP contribution in [0, 0.1) is 11.8 Å². The minimum atomic E-state index is -4.49. The molecule has 0 radical (unpaired) electrons. The summed E-state index contributed by atoms with van der Waals surface area (Å²) >= 11 is 0.421. The molecule has 0 atom stereocenters. The number of carbonyl (C=O) groups excluding carboxylic acids is 6. The molecule has 14 rings (SSSR count). The quantitative estimate of drug-likeness (QED) is 0.0645. The first-order valence-corrected chi connectivity index (χ1v) is 35.9. The smallest absolute Gasteiger partial charge is 0.425 e. The highest BCUT2D eigenvalue weighted by molar-refractivity contribution is 7.14. The van der Waals surface area contributed by atoms with E-state index < -0.39 is 40.4 Å². The van der Waals surface area contributed by atoms with Crippen molar-refractivity contribution in [3.63, 3.8) is 0 Å². The van der Waals surface area contributed by atoms with E-state index in [-0.39, 0.29) is 77.4 Å². The van der Waals surface area contributed by atoms with Crippen molar-refractivity contribution >= 4 is 96.7 Å². The number of amides is 3. The molecule has 0 spiro atoms. The van der Waals surface area contributed by atoms with Crippen LogP contribution in [0.15, 0.2) is 145 Å². The Labute approximate surface area is 595 Å². The lowest BCUT2D eigenvalue weighted by Crippen LogP contribution is -2.49. The SMILES string of the molecule is CCOC(=O)c1c(N2CCN(C(=O)c3ccc(C(F)(F)F)s3)CC2)c2ccccc2n(C)c1=O.CCOC(=O)c1c(N2CCN(C(=O)c3ccco3)CC2)c2ccccc2n(CC2CC2)c1=O.CCOC(=O)c1c(N2CCN(C(=O)c3ccco3)CC2)c2ccccc2n(CC2CCCCC2)c1=O. The van der Waals surface area contributed by atoms with E-state index in [1.54, 1.807) is 89.2 Å². The van der Waals surface area contributed by atoms with E-state index >= 15 is 0 Å². The Morgan fingerprint density at radius 3 is 1.18 bits per heavy atom. The van der Waals surface area contributed by atoms with Crippen molar-refractivity contribution in [2.24, 2.45) is 18.9 Å². The normalized spacial score (nSPS) is 15.9. The van der Waals surface area contributed by atoms with Gasteiger partial charge in [0.1, 0.15) is 21.6 Å². The number of esters is 3. The number of halogens is 3. The first kappa shape index (κ1) is 72.4. The molecule has 5 fully saturated rings. The second kappa shape index (κ2) is 31.8. The van der Waals surface area contributed by atoms with Gasteiger partial charge in [-0.15, -0.1) is 11.3 Å². The topological polar surface area (TPSA) is 242 Å². The van der Waals surface area contributed by atoms with Crippen molar-refractivity contribution < 1.29 is 65.0 Å². The Balaban J connectivity index is 0.000000146. The monoisotopic (exact) mass is 1430 g/mol. The molecule has 3 saturated heterocycles. The maximum Gasteiger partial charge on any atom is 0.425 e. The number of pyridine rings is 3. The van der Waals surface area contributed by atoms with E-state index in [0.717, 1.165) is 53.6 Å². The van der Waals surface area contributed by atoms with Gasteiger partial charge in [0.2, 0.25) is 0 Å². The number of hydrogen-bond acceptors (Lipinski definition) is 18. The van der Waals surface area contributed by atoms with Crippen molar-refractivity contribution in [1.29, 1.82) is 0 Å². The lowest BCUT2D eigenvalue weighted by molar-refractivity contribution is -0.134. The van der Waals surface area contributed by atoms with Crippen molar-refractivity contribution in [1.82, 2.24) is 28.4 Å². The zero-order valence-corrected chi connectivity index (χ0v) is 58.8. The summed E-state index contributed by atoms with van der Waals surface area (Å²) in [4.78, 5) is 128. The van der Waals surface area contributed by atoms with Crippen LogP contribution in [0.1, 0.15) is 132 Å². The third kappa shape index (κ3) is 15.5. The zero-order valence-electron chi connectivity index (χ0n) is 58.0. The number of furan rings is 2. The number of anilines is 3. The fourth-order valence-corrected chi connectivity index (χ4v) is 15.1. The van der Waals surface area contributed by atoms with Gasteiger partial charge in [-0.25, -0.2) is 14.4 Å². The fourth-order valence-electron chi connectivity index (χ4n) is 14.2. The molecule has 0 unspecified atom stereocenters. The minimum absolute atomic E-state index is 0.0204. The molecule has 0 bridgehead atoms. The molecule has 6 aromatic heterocycles. The number of alkyl halides is 3. The van der Waals surface area contributed by atoms with Crippen molar-refractivity contribution in [3.05, 3.63) is 191 Å². The van der Waals surface area contributed by atoms with Crippen molar-refractivity contribution in [2.45, 2.75) is 85.0 Å². The van der Waals surface area contributed by atoms with E-state index in [9.17, 15) is 56.3 Å². The Morgan fingerprint density at radius 2 is 0.816 bits per heavy atom. The van der Waals surface area contributed by atoms with Crippen LogP contribution in [-0.4, -0.2) is 162 Å². The Morgan fingerprint density at radius 1 is 0.447 bits per heavy atom. The predicted octanol–water partition coefficient (Wildman–Crippen LogP) is 11.2. The summed E-state index contributed by atoms with van der Waals surface area (Å²) in [5.41, 5.74) is 3.00. The highest BCUT2D eigenvalue weighted by atomic mass is 32.1. The zero-order chi connectivity index (χ0) is 72.6. The van der Waals surface area contributed by atoms with E-state index in [2.05, 4.69) is 0 Å². The van der Waals surface area contributed by atoms with Crippen molar-refractivity contribution in [3.8, 4) is 0 Å². The predicted molar refractivity (Wildman–Crippen MR) is 384 cm³/mol. The van der Waals surface area contributed by atoms with E-state index in [1.807, 2.05) is 69.3 Å². The number of fused-ring (bicyclic) bond motifs is 3. The molecule has 3 aromatic carbocycles. The van der Waals surface area contributed by atoms with Gasteiger partial charge in [-0.3, -0.25) is 28.8 Å². The summed E-state index contributed by atoms with van der Waals surface area (Å²) in [6.07, 6.45) is 6.49. The molecule has 27 heteroatoms. The highest BCUT2D eigenvalue weighted by Crippen LogP contribution is 2.39. The highest BCUT2D eigenvalue weighted by Gasteiger charge is 2.38.